The van der Waals surface area contributed by atoms with E-state index < -0.39 is 23.6 Å². The Hall–Kier alpha value is -3.69. The third-order valence-corrected chi connectivity index (χ3v) is 6.35. The van der Waals surface area contributed by atoms with Crippen molar-refractivity contribution in [2.45, 2.75) is 38.3 Å². The number of carbonyl (C=O) groups is 4. The summed E-state index contributed by atoms with van der Waals surface area (Å²) in [5.74, 6) is -2.04. The predicted molar refractivity (Wildman–Crippen MR) is 121 cm³/mol. The van der Waals surface area contributed by atoms with Gasteiger partial charge in [0.2, 0.25) is 17.7 Å². The maximum Gasteiger partial charge on any atom is 0.416 e. The van der Waals surface area contributed by atoms with Crippen LogP contribution in [0, 0.1) is 11.8 Å². The van der Waals surface area contributed by atoms with Crippen LogP contribution in [0.1, 0.15) is 48.0 Å². The second-order valence-electron chi connectivity index (χ2n) is 8.74. The van der Waals surface area contributed by atoms with Crippen molar-refractivity contribution in [2.24, 2.45) is 11.8 Å². The van der Waals surface area contributed by atoms with Crippen molar-refractivity contribution in [1.82, 2.24) is 4.90 Å². The van der Waals surface area contributed by atoms with E-state index in [2.05, 4.69) is 10.6 Å². The highest BCUT2D eigenvalue weighted by atomic mass is 19.4. The average Bonchev–Trinajstić information content (AvgIpc) is 3.07. The molecule has 1 saturated carbocycles. The molecule has 1 aliphatic heterocycles. The Kier molecular flexibility index (Phi) is 6.90. The smallest absolute Gasteiger partial charge is 0.326 e. The van der Waals surface area contributed by atoms with Gasteiger partial charge in [-0.3, -0.25) is 24.1 Å². The van der Waals surface area contributed by atoms with Gasteiger partial charge in [-0.05, 0) is 49.2 Å². The van der Waals surface area contributed by atoms with E-state index in [4.69, 9.17) is 0 Å². The lowest BCUT2D eigenvalue weighted by molar-refractivity contribution is -0.140. The Bertz CT molecular complexity index is 1140. The summed E-state index contributed by atoms with van der Waals surface area (Å²) < 4.78 is 38.7. The maximum atomic E-state index is 12.9. The topological polar surface area (TPSA) is 95.6 Å². The van der Waals surface area contributed by atoms with Crippen LogP contribution in [0.4, 0.5) is 24.5 Å². The molecule has 1 saturated heterocycles. The van der Waals surface area contributed by atoms with E-state index in [0.717, 1.165) is 25.0 Å². The van der Waals surface area contributed by atoms with Gasteiger partial charge in [-0.15, -0.1) is 0 Å². The van der Waals surface area contributed by atoms with Gasteiger partial charge in [0.1, 0.15) is 0 Å². The molecular formula is C25H24F3N3O4. The standard InChI is InChI=1S/C25H24F3N3O4/c26-25(27,28)16-6-4-8-18(14-16)30-22(33)15-5-3-7-17(13-15)29-21(32)11-12-31-23(34)19-9-1-2-10-20(19)24(31)35/h3-8,13-14,19-20H,1-2,9-12H2,(H,29,32)(H,30,33)/t19-,20-/m0/s1. The van der Waals surface area contributed by atoms with Gasteiger partial charge in [0.05, 0.1) is 17.4 Å². The number of benzene rings is 2. The Morgan fingerprint density at radius 3 is 2.11 bits per heavy atom. The lowest BCUT2D eigenvalue weighted by atomic mass is 9.81. The second kappa shape index (κ2) is 9.89. The first-order valence-corrected chi connectivity index (χ1v) is 11.4. The number of rotatable bonds is 6. The maximum absolute atomic E-state index is 12.9. The summed E-state index contributed by atoms with van der Waals surface area (Å²) in [7, 11) is 0. The number of anilines is 2. The zero-order chi connectivity index (χ0) is 25.2. The zero-order valence-electron chi connectivity index (χ0n) is 18.7. The van der Waals surface area contributed by atoms with Gasteiger partial charge in [0, 0.05) is 29.9 Å². The summed E-state index contributed by atoms with van der Waals surface area (Å²) in [5, 5.41) is 5.04. The Morgan fingerprint density at radius 1 is 0.886 bits per heavy atom. The number of imide groups is 1. The van der Waals surface area contributed by atoms with Crippen LogP contribution in [0.3, 0.4) is 0 Å². The number of nitrogens with one attached hydrogen (secondary N) is 2. The van der Waals surface area contributed by atoms with E-state index in [9.17, 15) is 32.3 Å². The fourth-order valence-corrected chi connectivity index (χ4v) is 4.60. The van der Waals surface area contributed by atoms with Crippen LogP contribution >= 0.6 is 0 Å². The molecule has 2 aromatic carbocycles. The molecule has 1 aliphatic carbocycles. The van der Waals surface area contributed by atoms with E-state index in [1.807, 2.05) is 0 Å². The number of fused-ring (bicyclic) bond motifs is 1. The van der Waals surface area contributed by atoms with Gasteiger partial charge in [-0.2, -0.15) is 13.2 Å². The van der Waals surface area contributed by atoms with Crippen molar-refractivity contribution < 1.29 is 32.3 Å². The molecule has 4 rings (SSSR count). The molecule has 2 N–H and O–H groups in total. The van der Waals surface area contributed by atoms with Gasteiger partial charge in [-0.1, -0.05) is 25.0 Å². The first kappa shape index (κ1) is 24.4. The predicted octanol–water partition coefficient (Wildman–Crippen LogP) is 4.46. The van der Waals surface area contributed by atoms with Crippen LogP contribution in [-0.2, 0) is 20.6 Å². The molecule has 0 bridgehead atoms. The minimum atomic E-state index is -4.53. The zero-order valence-corrected chi connectivity index (χ0v) is 18.7. The quantitative estimate of drug-likeness (QED) is 0.588. The van der Waals surface area contributed by atoms with Crippen LogP contribution in [-0.4, -0.2) is 35.1 Å². The minimum absolute atomic E-state index is 0.00772. The number of alkyl halides is 3. The first-order valence-electron chi connectivity index (χ1n) is 11.4. The highest BCUT2D eigenvalue weighted by Gasteiger charge is 2.47. The number of amides is 4. The summed E-state index contributed by atoms with van der Waals surface area (Å²) in [6, 6.07) is 10.2. The van der Waals surface area contributed by atoms with Gasteiger partial charge < -0.3 is 10.6 Å². The number of hydrogen-bond acceptors (Lipinski definition) is 4. The molecule has 0 unspecified atom stereocenters. The van der Waals surface area contributed by atoms with E-state index in [1.54, 1.807) is 6.07 Å². The molecule has 35 heavy (non-hydrogen) atoms. The number of carbonyl (C=O) groups excluding carboxylic acids is 4. The lowest BCUT2D eigenvalue weighted by Gasteiger charge is -2.19. The van der Waals surface area contributed by atoms with Crippen LogP contribution in [0.15, 0.2) is 48.5 Å². The lowest BCUT2D eigenvalue weighted by Crippen LogP contribution is -2.34. The molecule has 2 atom stereocenters. The fraction of sp³-hybridized carbons (Fsp3) is 0.360. The molecule has 10 heteroatoms. The van der Waals surface area contributed by atoms with Crippen molar-refractivity contribution in [1.29, 1.82) is 0 Å². The largest absolute Gasteiger partial charge is 0.416 e. The molecule has 0 spiro atoms. The van der Waals surface area contributed by atoms with Crippen molar-refractivity contribution in [3.63, 3.8) is 0 Å². The van der Waals surface area contributed by atoms with E-state index in [0.29, 0.717) is 18.5 Å². The molecule has 4 amide bonds. The van der Waals surface area contributed by atoms with E-state index >= 15 is 0 Å². The highest BCUT2D eigenvalue weighted by Crippen LogP contribution is 2.38. The van der Waals surface area contributed by atoms with Gasteiger partial charge in [-0.25, -0.2) is 0 Å². The molecule has 2 fully saturated rings. The van der Waals surface area contributed by atoms with Crippen molar-refractivity contribution in [2.75, 3.05) is 17.2 Å². The second-order valence-corrected chi connectivity index (χ2v) is 8.74. The SMILES string of the molecule is O=C(CCN1C(=O)[C@H]2CCCC[C@@H]2C1=O)Nc1cccc(C(=O)Nc2cccc(C(F)(F)F)c2)c1. The number of nitrogens with zero attached hydrogens (tertiary/aromatic N) is 1. The van der Waals surface area contributed by atoms with Crippen molar-refractivity contribution in [3.05, 3.63) is 59.7 Å². The third kappa shape index (κ3) is 5.52. The number of halogens is 3. The van der Waals surface area contributed by atoms with Gasteiger partial charge in [0.15, 0.2) is 0 Å². The number of likely N-dealkylation sites (tertiary alicyclic amines) is 1. The van der Waals surface area contributed by atoms with E-state index in [1.165, 1.54) is 35.2 Å². The van der Waals surface area contributed by atoms with Crippen molar-refractivity contribution in [3.8, 4) is 0 Å². The summed E-state index contributed by atoms with van der Waals surface area (Å²) in [6.45, 7) is -0.00772. The first-order chi connectivity index (χ1) is 16.6. The highest BCUT2D eigenvalue weighted by molar-refractivity contribution is 6.06. The minimum Gasteiger partial charge on any atom is -0.326 e. The summed E-state index contributed by atoms with van der Waals surface area (Å²) in [6.07, 6.45) is -1.37. The summed E-state index contributed by atoms with van der Waals surface area (Å²) >= 11 is 0. The molecule has 184 valence electrons. The molecule has 2 aromatic rings. The molecule has 1 heterocycles. The molecular weight excluding hydrogens is 463 g/mol. The Labute approximate surface area is 199 Å². The molecule has 0 aromatic heterocycles. The van der Waals surface area contributed by atoms with E-state index in [-0.39, 0.29) is 47.9 Å². The van der Waals surface area contributed by atoms with Gasteiger partial charge >= 0.3 is 6.18 Å². The van der Waals surface area contributed by atoms with Gasteiger partial charge in [0.25, 0.3) is 5.91 Å². The third-order valence-electron chi connectivity index (χ3n) is 6.35. The van der Waals surface area contributed by atoms with Crippen molar-refractivity contribution >= 4 is 35.0 Å². The van der Waals surface area contributed by atoms with Crippen LogP contribution in [0.25, 0.3) is 0 Å². The Morgan fingerprint density at radius 2 is 1.49 bits per heavy atom. The summed E-state index contributed by atoms with van der Waals surface area (Å²) in [5.41, 5.74) is -0.459. The van der Waals surface area contributed by atoms with Crippen LogP contribution < -0.4 is 10.6 Å². The van der Waals surface area contributed by atoms with Crippen LogP contribution in [0.2, 0.25) is 0 Å². The summed E-state index contributed by atoms with van der Waals surface area (Å²) in [4.78, 5) is 51.2. The Balaban J connectivity index is 1.34. The average molecular weight is 487 g/mol. The molecule has 0 radical (unpaired) electrons. The fourth-order valence-electron chi connectivity index (χ4n) is 4.60. The monoisotopic (exact) mass is 487 g/mol. The number of hydrogen-bond donors (Lipinski definition) is 2. The molecule has 7 nitrogen and oxygen atoms in total. The molecule has 2 aliphatic rings. The normalized spacial score (nSPS) is 19.9. The van der Waals surface area contributed by atoms with Crippen LogP contribution in [0.5, 0.6) is 0 Å².